The van der Waals surface area contributed by atoms with Crippen LogP contribution in [0.3, 0.4) is 0 Å². The number of rotatable bonds is 3. The first-order chi connectivity index (χ1) is 7.02. The Kier molecular flexibility index (Phi) is 2.56. The van der Waals surface area contributed by atoms with E-state index in [2.05, 4.69) is 23.0 Å². The van der Waals surface area contributed by atoms with E-state index < -0.39 is 0 Å². The molecule has 1 aromatic heterocycles. The Bertz CT molecular complexity index is 349. The highest BCUT2D eigenvalue weighted by atomic mass is 15.3. The minimum absolute atomic E-state index is 0.0631. The van der Waals surface area contributed by atoms with Gasteiger partial charge < -0.3 is 5.73 Å². The molecule has 0 amide bonds. The van der Waals surface area contributed by atoms with Crippen molar-refractivity contribution in [3.63, 3.8) is 0 Å². The van der Waals surface area contributed by atoms with Crippen LogP contribution in [0, 0.1) is 6.92 Å². The second-order valence-corrected chi connectivity index (χ2v) is 4.76. The lowest BCUT2D eigenvalue weighted by molar-refractivity contribution is 0.0585. The highest BCUT2D eigenvalue weighted by Crippen LogP contribution is 2.23. The average Bonchev–Trinajstić information content (AvgIpc) is 2.42. The normalized spacial score (nSPS) is 20.3. The summed E-state index contributed by atoms with van der Waals surface area (Å²) in [4.78, 5) is 2.37. The van der Waals surface area contributed by atoms with Crippen molar-refractivity contribution in [1.29, 1.82) is 0 Å². The third-order valence-corrected chi connectivity index (χ3v) is 3.27. The standard InChI is InChI=1S/C11H20N4/c1-4-11(12)7-15(8-11)6-10-5-9(2)13-14(10)3/h5H,4,6-8,12H2,1-3H3. The smallest absolute Gasteiger partial charge is 0.0597 e. The Morgan fingerprint density at radius 2 is 2.20 bits per heavy atom. The molecule has 0 unspecified atom stereocenters. The van der Waals surface area contributed by atoms with Gasteiger partial charge in [-0.2, -0.15) is 5.10 Å². The summed E-state index contributed by atoms with van der Waals surface area (Å²) in [7, 11) is 2.00. The van der Waals surface area contributed by atoms with E-state index in [0.717, 1.165) is 31.7 Å². The third-order valence-electron chi connectivity index (χ3n) is 3.27. The summed E-state index contributed by atoms with van der Waals surface area (Å²) in [6.07, 6.45) is 1.06. The van der Waals surface area contributed by atoms with E-state index >= 15 is 0 Å². The maximum Gasteiger partial charge on any atom is 0.0597 e. The molecule has 1 aliphatic rings. The van der Waals surface area contributed by atoms with Crippen molar-refractivity contribution in [3.8, 4) is 0 Å². The molecule has 84 valence electrons. The maximum atomic E-state index is 6.13. The number of hydrogen-bond donors (Lipinski definition) is 1. The summed E-state index contributed by atoms with van der Waals surface area (Å²) in [6.45, 7) is 7.17. The van der Waals surface area contributed by atoms with Gasteiger partial charge in [-0.25, -0.2) is 0 Å². The van der Waals surface area contributed by atoms with E-state index in [1.54, 1.807) is 0 Å². The Morgan fingerprint density at radius 1 is 1.53 bits per heavy atom. The molecule has 0 aliphatic carbocycles. The lowest BCUT2D eigenvalue weighted by Crippen LogP contribution is -2.66. The van der Waals surface area contributed by atoms with Gasteiger partial charge in [0.25, 0.3) is 0 Å². The SMILES string of the molecule is CCC1(N)CN(Cc2cc(C)nn2C)C1. The van der Waals surface area contributed by atoms with E-state index in [4.69, 9.17) is 5.73 Å². The Balaban J connectivity index is 1.92. The van der Waals surface area contributed by atoms with Crippen molar-refractivity contribution in [2.75, 3.05) is 13.1 Å². The van der Waals surface area contributed by atoms with Gasteiger partial charge in [-0.05, 0) is 19.4 Å². The summed E-state index contributed by atoms with van der Waals surface area (Å²) >= 11 is 0. The van der Waals surface area contributed by atoms with Crippen LogP contribution in [0.1, 0.15) is 24.7 Å². The third kappa shape index (κ3) is 2.06. The number of hydrogen-bond acceptors (Lipinski definition) is 3. The predicted molar refractivity (Wildman–Crippen MR) is 60.4 cm³/mol. The molecule has 1 saturated heterocycles. The van der Waals surface area contributed by atoms with Gasteiger partial charge >= 0.3 is 0 Å². The number of nitrogens with zero attached hydrogens (tertiary/aromatic N) is 3. The summed E-state index contributed by atoms with van der Waals surface area (Å²) in [5, 5.41) is 4.34. The molecule has 0 bridgehead atoms. The van der Waals surface area contributed by atoms with Crippen LogP contribution < -0.4 is 5.73 Å². The van der Waals surface area contributed by atoms with Crippen molar-refractivity contribution in [3.05, 3.63) is 17.5 Å². The van der Waals surface area contributed by atoms with Gasteiger partial charge in [-0.15, -0.1) is 0 Å². The number of aromatic nitrogens is 2. The molecule has 0 spiro atoms. The molecule has 0 atom stereocenters. The summed E-state index contributed by atoms with van der Waals surface area (Å²) < 4.78 is 1.96. The van der Waals surface area contributed by atoms with Gasteiger partial charge in [0.2, 0.25) is 0 Å². The van der Waals surface area contributed by atoms with Crippen LogP contribution in [0.2, 0.25) is 0 Å². The molecule has 1 aliphatic heterocycles. The fourth-order valence-corrected chi connectivity index (χ4v) is 2.22. The fraction of sp³-hybridized carbons (Fsp3) is 0.727. The van der Waals surface area contributed by atoms with E-state index in [-0.39, 0.29) is 5.54 Å². The highest BCUT2D eigenvalue weighted by Gasteiger charge is 2.37. The van der Waals surface area contributed by atoms with Crippen LogP contribution in [0.25, 0.3) is 0 Å². The van der Waals surface area contributed by atoms with Crippen LogP contribution in [-0.4, -0.2) is 33.3 Å². The molecular weight excluding hydrogens is 188 g/mol. The topological polar surface area (TPSA) is 47.1 Å². The predicted octanol–water partition coefficient (Wildman–Crippen LogP) is 0.652. The van der Waals surface area contributed by atoms with Crippen molar-refractivity contribution in [2.45, 2.75) is 32.4 Å². The van der Waals surface area contributed by atoms with E-state index in [1.807, 2.05) is 18.7 Å². The molecular formula is C11H20N4. The minimum atomic E-state index is 0.0631. The summed E-state index contributed by atoms with van der Waals surface area (Å²) in [6, 6.07) is 2.14. The average molecular weight is 208 g/mol. The van der Waals surface area contributed by atoms with Gasteiger partial charge in [0.15, 0.2) is 0 Å². The molecule has 0 aromatic carbocycles. The van der Waals surface area contributed by atoms with Crippen LogP contribution in [0.4, 0.5) is 0 Å². The van der Waals surface area contributed by atoms with E-state index in [1.165, 1.54) is 5.69 Å². The second kappa shape index (κ2) is 3.61. The van der Waals surface area contributed by atoms with Crippen molar-refractivity contribution >= 4 is 0 Å². The second-order valence-electron chi connectivity index (χ2n) is 4.76. The van der Waals surface area contributed by atoms with Crippen molar-refractivity contribution < 1.29 is 0 Å². The van der Waals surface area contributed by atoms with Crippen LogP contribution in [0.5, 0.6) is 0 Å². The molecule has 1 aromatic rings. The van der Waals surface area contributed by atoms with Gasteiger partial charge in [-0.1, -0.05) is 6.92 Å². The largest absolute Gasteiger partial charge is 0.323 e. The Hall–Kier alpha value is -0.870. The quantitative estimate of drug-likeness (QED) is 0.793. The molecule has 1 fully saturated rings. The minimum Gasteiger partial charge on any atom is -0.323 e. The summed E-state index contributed by atoms with van der Waals surface area (Å²) in [5.74, 6) is 0. The Labute approximate surface area is 91.1 Å². The Morgan fingerprint density at radius 3 is 2.67 bits per heavy atom. The number of nitrogens with two attached hydrogens (primary N) is 1. The zero-order valence-corrected chi connectivity index (χ0v) is 9.82. The first-order valence-corrected chi connectivity index (χ1v) is 5.53. The number of aryl methyl sites for hydroxylation is 2. The summed E-state index contributed by atoms with van der Waals surface area (Å²) in [5.41, 5.74) is 8.54. The maximum absolute atomic E-state index is 6.13. The van der Waals surface area contributed by atoms with Gasteiger partial charge in [0, 0.05) is 32.2 Å². The molecule has 4 heteroatoms. The zero-order chi connectivity index (χ0) is 11.1. The lowest BCUT2D eigenvalue weighted by atomic mass is 9.88. The molecule has 2 rings (SSSR count). The highest BCUT2D eigenvalue weighted by molar-refractivity contribution is 5.10. The van der Waals surface area contributed by atoms with E-state index in [0.29, 0.717) is 0 Å². The van der Waals surface area contributed by atoms with Gasteiger partial charge in [0.05, 0.1) is 11.4 Å². The van der Waals surface area contributed by atoms with Crippen molar-refractivity contribution in [2.24, 2.45) is 12.8 Å². The fourth-order valence-electron chi connectivity index (χ4n) is 2.22. The van der Waals surface area contributed by atoms with Gasteiger partial charge in [0.1, 0.15) is 0 Å². The molecule has 2 heterocycles. The monoisotopic (exact) mass is 208 g/mol. The molecule has 0 radical (unpaired) electrons. The first kappa shape index (κ1) is 10.6. The molecule has 4 nitrogen and oxygen atoms in total. The lowest BCUT2D eigenvalue weighted by Gasteiger charge is -2.47. The van der Waals surface area contributed by atoms with Gasteiger partial charge in [-0.3, -0.25) is 9.58 Å². The number of likely N-dealkylation sites (tertiary alicyclic amines) is 1. The molecule has 2 N–H and O–H groups in total. The van der Waals surface area contributed by atoms with Crippen LogP contribution in [0.15, 0.2) is 6.07 Å². The van der Waals surface area contributed by atoms with Crippen molar-refractivity contribution in [1.82, 2.24) is 14.7 Å². The molecule has 15 heavy (non-hydrogen) atoms. The van der Waals surface area contributed by atoms with E-state index in [9.17, 15) is 0 Å². The first-order valence-electron chi connectivity index (χ1n) is 5.53. The van der Waals surface area contributed by atoms with Crippen LogP contribution >= 0.6 is 0 Å². The zero-order valence-electron chi connectivity index (χ0n) is 9.82. The molecule has 0 saturated carbocycles. The van der Waals surface area contributed by atoms with Crippen LogP contribution in [-0.2, 0) is 13.6 Å².